The molecule has 8 heteroatoms. The number of alkyl halides is 3. The van der Waals surface area contributed by atoms with E-state index in [4.69, 9.17) is 4.74 Å². The monoisotopic (exact) mass is 372 g/mol. The third-order valence-electron chi connectivity index (χ3n) is 3.51. The molecule has 1 aromatic heterocycles. The number of nitrogens with zero attached hydrogens (tertiary/aromatic N) is 1. The molecule has 0 aliphatic carbocycles. The lowest BCUT2D eigenvalue weighted by molar-refractivity contribution is -0.149. The molecule has 0 saturated carbocycles. The Morgan fingerprint density at radius 1 is 1.24 bits per heavy atom. The molecule has 4 nitrogen and oxygen atoms in total. The molecule has 25 heavy (non-hydrogen) atoms. The van der Waals surface area contributed by atoms with E-state index in [0.717, 1.165) is 12.1 Å². The zero-order valence-electron chi connectivity index (χ0n) is 14.1. The Balaban J connectivity index is 2.04. The molecular weight excluding hydrogens is 353 g/mol. The molecule has 1 aromatic carbocycles. The molecule has 0 aliphatic rings. The van der Waals surface area contributed by atoms with Crippen LogP contribution in [0.15, 0.2) is 29.6 Å². The highest BCUT2D eigenvalue weighted by Crippen LogP contribution is 2.31. The SMILES string of the molecule is CCOC(=O)C(C)(C)NCc1csc(-c2ccc(C(F)(F)F)cc2)n1. The number of hydrogen-bond acceptors (Lipinski definition) is 5. The van der Waals surface area contributed by atoms with Gasteiger partial charge in [-0.25, -0.2) is 4.98 Å². The topological polar surface area (TPSA) is 51.2 Å². The van der Waals surface area contributed by atoms with E-state index in [0.29, 0.717) is 29.4 Å². The van der Waals surface area contributed by atoms with Gasteiger partial charge in [0.2, 0.25) is 0 Å². The fraction of sp³-hybridized carbons (Fsp3) is 0.412. The Hall–Kier alpha value is -1.93. The lowest BCUT2D eigenvalue weighted by Gasteiger charge is -2.23. The van der Waals surface area contributed by atoms with Crippen molar-refractivity contribution in [2.24, 2.45) is 0 Å². The van der Waals surface area contributed by atoms with Gasteiger partial charge in [0.25, 0.3) is 0 Å². The minimum absolute atomic E-state index is 0.304. The summed E-state index contributed by atoms with van der Waals surface area (Å²) in [7, 11) is 0. The second-order valence-electron chi connectivity index (χ2n) is 5.92. The summed E-state index contributed by atoms with van der Waals surface area (Å²) < 4.78 is 42.8. The van der Waals surface area contributed by atoms with E-state index in [1.54, 1.807) is 26.2 Å². The van der Waals surface area contributed by atoms with Gasteiger partial charge in [-0.15, -0.1) is 11.3 Å². The zero-order chi connectivity index (χ0) is 18.7. The summed E-state index contributed by atoms with van der Waals surface area (Å²) >= 11 is 1.34. The van der Waals surface area contributed by atoms with Gasteiger partial charge in [0, 0.05) is 17.5 Å². The highest BCUT2D eigenvalue weighted by molar-refractivity contribution is 7.13. The van der Waals surface area contributed by atoms with Crippen LogP contribution in [0, 0.1) is 0 Å². The Morgan fingerprint density at radius 2 is 1.88 bits per heavy atom. The smallest absolute Gasteiger partial charge is 0.416 e. The average molecular weight is 372 g/mol. The molecule has 136 valence electrons. The van der Waals surface area contributed by atoms with Crippen LogP contribution < -0.4 is 5.32 Å². The van der Waals surface area contributed by atoms with Crippen molar-refractivity contribution < 1.29 is 22.7 Å². The number of aromatic nitrogens is 1. The fourth-order valence-corrected chi connectivity index (χ4v) is 2.84. The van der Waals surface area contributed by atoms with Gasteiger partial charge in [-0.1, -0.05) is 12.1 Å². The molecule has 0 radical (unpaired) electrons. The first kappa shape index (κ1) is 19.4. The maximum atomic E-state index is 12.6. The summed E-state index contributed by atoms with van der Waals surface area (Å²) in [6, 6.07) is 4.89. The van der Waals surface area contributed by atoms with Crippen molar-refractivity contribution in [2.45, 2.75) is 39.0 Å². The maximum absolute atomic E-state index is 12.6. The summed E-state index contributed by atoms with van der Waals surface area (Å²) in [5, 5.41) is 5.51. The zero-order valence-corrected chi connectivity index (χ0v) is 14.9. The van der Waals surface area contributed by atoms with Gasteiger partial charge in [-0.3, -0.25) is 10.1 Å². The molecule has 0 fully saturated rings. The number of nitrogens with one attached hydrogen (secondary N) is 1. The third-order valence-corrected chi connectivity index (χ3v) is 4.45. The highest BCUT2D eigenvalue weighted by Gasteiger charge is 2.30. The van der Waals surface area contributed by atoms with Crippen molar-refractivity contribution >= 4 is 17.3 Å². The maximum Gasteiger partial charge on any atom is 0.416 e. The summed E-state index contributed by atoms with van der Waals surface area (Å²) in [6.07, 6.45) is -4.35. The van der Waals surface area contributed by atoms with E-state index in [9.17, 15) is 18.0 Å². The first-order valence-corrected chi connectivity index (χ1v) is 8.55. The lowest BCUT2D eigenvalue weighted by atomic mass is 10.1. The molecule has 0 saturated heterocycles. The van der Waals surface area contributed by atoms with Crippen LogP contribution in [-0.4, -0.2) is 23.1 Å². The molecule has 0 spiro atoms. The standard InChI is InChI=1S/C17H19F3N2O2S/c1-4-24-15(23)16(2,3)21-9-13-10-25-14(22-13)11-5-7-12(8-6-11)17(18,19)20/h5-8,10,21H,4,9H2,1-3H3. The molecule has 0 bridgehead atoms. The normalized spacial score (nSPS) is 12.2. The quantitative estimate of drug-likeness (QED) is 0.770. The van der Waals surface area contributed by atoms with Crippen LogP contribution in [0.5, 0.6) is 0 Å². The van der Waals surface area contributed by atoms with E-state index >= 15 is 0 Å². The van der Waals surface area contributed by atoms with Gasteiger partial charge < -0.3 is 4.74 Å². The van der Waals surface area contributed by atoms with Crippen molar-refractivity contribution in [1.82, 2.24) is 10.3 Å². The Bertz CT molecular complexity index is 724. The number of rotatable bonds is 6. The van der Waals surface area contributed by atoms with E-state index < -0.39 is 17.3 Å². The minimum atomic E-state index is -4.35. The first-order valence-electron chi connectivity index (χ1n) is 7.68. The number of benzene rings is 1. The second-order valence-corrected chi connectivity index (χ2v) is 6.78. The van der Waals surface area contributed by atoms with Crippen molar-refractivity contribution in [1.29, 1.82) is 0 Å². The van der Waals surface area contributed by atoms with Gasteiger partial charge >= 0.3 is 12.1 Å². The van der Waals surface area contributed by atoms with Crippen LogP contribution in [-0.2, 0) is 22.3 Å². The molecule has 0 unspecified atom stereocenters. The molecular formula is C17H19F3N2O2S. The Kier molecular flexibility index (Phi) is 5.84. The average Bonchev–Trinajstić information content (AvgIpc) is 3.01. The number of ether oxygens (including phenoxy) is 1. The summed E-state index contributed by atoms with van der Waals surface area (Å²) in [6.45, 7) is 5.83. The van der Waals surface area contributed by atoms with Gasteiger partial charge in [0.15, 0.2) is 0 Å². The predicted molar refractivity (Wildman–Crippen MR) is 90.1 cm³/mol. The third kappa shape index (κ3) is 5.02. The molecule has 0 aliphatic heterocycles. The number of carbonyl (C=O) groups excluding carboxylic acids is 1. The van der Waals surface area contributed by atoms with E-state index in [-0.39, 0.29) is 5.97 Å². The fourth-order valence-electron chi connectivity index (χ4n) is 2.02. The Labute approximate surface area is 148 Å². The Morgan fingerprint density at radius 3 is 2.44 bits per heavy atom. The van der Waals surface area contributed by atoms with E-state index in [1.165, 1.54) is 23.5 Å². The van der Waals surface area contributed by atoms with Crippen LogP contribution in [0.25, 0.3) is 10.6 Å². The number of thiazole rings is 1. The van der Waals surface area contributed by atoms with Crippen molar-refractivity contribution in [2.75, 3.05) is 6.61 Å². The molecule has 0 amide bonds. The number of esters is 1. The summed E-state index contributed by atoms with van der Waals surface area (Å²) in [4.78, 5) is 16.2. The number of halogens is 3. The summed E-state index contributed by atoms with van der Waals surface area (Å²) in [5.74, 6) is -0.354. The van der Waals surface area contributed by atoms with E-state index in [1.807, 2.05) is 0 Å². The highest BCUT2D eigenvalue weighted by atomic mass is 32.1. The molecule has 2 rings (SSSR count). The molecule has 1 heterocycles. The first-order chi connectivity index (χ1) is 11.6. The minimum Gasteiger partial charge on any atom is -0.465 e. The van der Waals surface area contributed by atoms with Gasteiger partial charge in [-0.05, 0) is 32.9 Å². The van der Waals surface area contributed by atoms with Gasteiger partial charge in [0.1, 0.15) is 10.5 Å². The van der Waals surface area contributed by atoms with Crippen LogP contribution in [0.4, 0.5) is 13.2 Å². The predicted octanol–water partition coefficient (Wildman–Crippen LogP) is 4.26. The van der Waals surface area contributed by atoms with Crippen LogP contribution in [0.3, 0.4) is 0 Å². The lowest BCUT2D eigenvalue weighted by Crippen LogP contribution is -2.47. The van der Waals surface area contributed by atoms with Crippen LogP contribution in [0.1, 0.15) is 32.0 Å². The summed E-state index contributed by atoms with van der Waals surface area (Å²) in [5.41, 5.74) is -0.217. The van der Waals surface area contributed by atoms with Gasteiger partial charge in [0.05, 0.1) is 17.9 Å². The van der Waals surface area contributed by atoms with Crippen LogP contribution in [0.2, 0.25) is 0 Å². The number of hydrogen-bond donors (Lipinski definition) is 1. The van der Waals surface area contributed by atoms with Crippen molar-refractivity contribution in [3.8, 4) is 10.6 Å². The largest absolute Gasteiger partial charge is 0.465 e. The number of carbonyl (C=O) groups is 1. The molecule has 1 N–H and O–H groups in total. The molecule has 0 atom stereocenters. The van der Waals surface area contributed by atoms with Crippen molar-refractivity contribution in [3.63, 3.8) is 0 Å². The molecule has 2 aromatic rings. The second kappa shape index (κ2) is 7.53. The van der Waals surface area contributed by atoms with Crippen molar-refractivity contribution in [3.05, 3.63) is 40.9 Å². The van der Waals surface area contributed by atoms with Crippen LogP contribution >= 0.6 is 11.3 Å². The van der Waals surface area contributed by atoms with E-state index in [2.05, 4.69) is 10.3 Å². The van der Waals surface area contributed by atoms with Gasteiger partial charge in [-0.2, -0.15) is 13.2 Å².